The molecule has 0 aliphatic carbocycles. The highest BCUT2D eigenvalue weighted by Crippen LogP contribution is 2.32. The summed E-state index contributed by atoms with van der Waals surface area (Å²) in [6.07, 6.45) is 2.78. The molecule has 0 saturated carbocycles. The summed E-state index contributed by atoms with van der Waals surface area (Å²) in [5.74, 6) is 3.58. The molecule has 1 N–H and O–H groups in total. The van der Waals surface area contributed by atoms with Crippen molar-refractivity contribution < 1.29 is 9.47 Å². The number of fused-ring (bicyclic) bond motifs is 2. The molecule has 1 fully saturated rings. The van der Waals surface area contributed by atoms with Gasteiger partial charge in [0.15, 0.2) is 23.1 Å². The summed E-state index contributed by atoms with van der Waals surface area (Å²) >= 11 is 0. The second-order valence-electron chi connectivity index (χ2n) is 7.72. The molecule has 0 amide bonds. The highest BCUT2D eigenvalue weighted by Gasteiger charge is 2.21. The van der Waals surface area contributed by atoms with Gasteiger partial charge >= 0.3 is 0 Å². The molecule has 2 aromatic heterocycles. The van der Waals surface area contributed by atoms with Crippen molar-refractivity contribution in [1.29, 1.82) is 0 Å². The summed E-state index contributed by atoms with van der Waals surface area (Å²) in [7, 11) is 1.84. The first-order chi connectivity index (χ1) is 15.3. The van der Waals surface area contributed by atoms with Crippen LogP contribution in [0.4, 0.5) is 0 Å². The zero-order valence-corrected chi connectivity index (χ0v) is 17.7. The van der Waals surface area contributed by atoms with Gasteiger partial charge in [0.2, 0.25) is 6.79 Å². The Morgan fingerprint density at radius 3 is 2.81 bits per heavy atom. The Labute approximate surface area is 181 Å². The quantitative estimate of drug-likeness (QED) is 0.493. The molecule has 9 nitrogen and oxygen atoms in total. The van der Waals surface area contributed by atoms with Gasteiger partial charge in [-0.15, -0.1) is 10.2 Å². The number of hydrogen-bond acceptors (Lipinski definition) is 6. The van der Waals surface area contributed by atoms with E-state index in [2.05, 4.69) is 42.4 Å². The summed E-state index contributed by atoms with van der Waals surface area (Å²) in [5, 5.41) is 12.0. The summed E-state index contributed by atoms with van der Waals surface area (Å²) in [6, 6.07) is 12.1. The smallest absolute Gasteiger partial charge is 0.231 e. The SMILES string of the molecule is CN=C(NCCc1nnc2ccccn12)N1CCN(Cc2ccc3c(c2)OCO3)CC1. The van der Waals surface area contributed by atoms with Crippen LogP contribution in [-0.2, 0) is 13.0 Å². The zero-order chi connectivity index (χ0) is 21.0. The first-order valence-corrected chi connectivity index (χ1v) is 10.7. The predicted octanol–water partition coefficient (Wildman–Crippen LogP) is 1.39. The zero-order valence-electron chi connectivity index (χ0n) is 17.7. The molecular formula is C22H27N7O2. The molecule has 0 atom stereocenters. The first kappa shape index (κ1) is 19.6. The molecular weight excluding hydrogens is 394 g/mol. The van der Waals surface area contributed by atoms with Gasteiger partial charge in [0.1, 0.15) is 5.82 Å². The monoisotopic (exact) mass is 421 g/mol. The van der Waals surface area contributed by atoms with Crippen LogP contribution < -0.4 is 14.8 Å². The highest BCUT2D eigenvalue weighted by molar-refractivity contribution is 5.80. The fraction of sp³-hybridized carbons (Fsp3) is 0.409. The maximum atomic E-state index is 5.50. The molecule has 0 radical (unpaired) electrons. The van der Waals surface area contributed by atoms with Gasteiger partial charge in [-0.05, 0) is 29.8 Å². The second-order valence-corrected chi connectivity index (χ2v) is 7.72. The molecule has 0 unspecified atom stereocenters. The minimum atomic E-state index is 0.316. The van der Waals surface area contributed by atoms with Crippen LogP contribution in [0.1, 0.15) is 11.4 Å². The highest BCUT2D eigenvalue weighted by atomic mass is 16.7. The maximum absolute atomic E-state index is 5.50. The molecule has 1 aromatic carbocycles. The molecule has 9 heteroatoms. The van der Waals surface area contributed by atoms with E-state index in [-0.39, 0.29) is 0 Å². The molecule has 0 spiro atoms. The summed E-state index contributed by atoms with van der Waals surface area (Å²) < 4.78 is 12.9. The lowest BCUT2D eigenvalue weighted by molar-refractivity contribution is 0.171. The second kappa shape index (κ2) is 8.81. The van der Waals surface area contributed by atoms with Crippen molar-refractivity contribution in [2.45, 2.75) is 13.0 Å². The van der Waals surface area contributed by atoms with E-state index >= 15 is 0 Å². The van der Waals surface area contributed by atoms with E-state index in [1.54, 1.807) is 0 Å². The fourth-order valence-corrected chi connectivity index (χ4v) is 4.10. The Balaban J connectivity index is 1.10. The normalized spacial score (nSPS) is 16.8. The van der Waals surface area contributed by atoms with Crippen molar-refractivity contribution in [3.05, 3.63) is 54.0 Å². The molecule has 2 aliphatic heterocycles. The van der Waals surface area contributed by atoms with Crippen molar-refractivity contribution in [2.24, 2.45) is 4.99 Å². The number of rotatable bonds is 5. The van der Waals surface area contributed by atoms with Crippen LogP contribution in [0.15, 0.2) is 47.6 Å². The fourth-order valence-electron chi connectivity index (χ4n) is 4.10. The number of guanidine groups is 1. The summed E-state index contributed by atoms with van der Waals surface area (Å²) in [6.45, 7) is 5.86. The van der Waals surface area contributed by atoms with Gasteiger partial charge in [-0.3, -0.25) is 14.3 Å². The lowest BCUT2D eigenvalue weighted by atomic mass is 10.1. The summed E-state index contributed by atoms with van der Waals surface area (Å²) in [5.41, 5.74) is 2.13. The van der Waals surface area contributed by atoms with Gasteiger partial charge in [0.05, 0.1) is 0 Å². The molecule has 31 heavy (non-hydrogen) atoms. The Bertz CT molecular complexity index is 1070. The number of pyridine rings is 1. The molecule has 3 aromatic rings. The molecule has 0 bridgehead atoms. The van der Waals surface area contributed by atoms with Gasteiger partial charge in [0.25, 0.3) is 0 Å². The number of aromatic nitrogens is 3. The van der Waals surface area contributed by atoms with E-state index < -0.39 is 0 Å². The molecule has 4 heterocycles. The lowest BCUT2D eigenvalue weighted by Crippen LogP contribution is -2.52. The van der Waals surface area contributed by atoms with Crippen molar-refractivity contribution in [3.8, 4) is 11.5 Å². The van der Waals surface area contributed by atoms with Crippen LogP contribution in [0.2, 0.25) is 0 Å². The number of ether oxygens (including phenoxy) is 2. The van der Waals surface area contributed by atoms with Gasteiger partial charge < -0.3 is 19.7 Å². The standard InChI is InChI=1S/C22H27N7O2/c1-23-22(24-8-7-21-26-25-20-4-2-3-9-29(20)21)28-12-10-27(11-13-28)15-17-5-6-18-19(14-17)31-16-30-18/h2-6,9,14H,7-8,10-13,15-16H2,1H3,(H,23,24). The van der Waals surface area contributed by atoms with Crippen LogP contribution in [0.25, 0.3) is 5.65 Å². The van der Waals surface area contributed by atoms with Crippen molar-refractivity contribution in [3.63, 3.8) is 0 Å². The van der Waals surface area contributed by atoms with Gasteiger partial charge in [-0.2, -0.15) is 0 Å². The third-order valence-electron chi connectivity index (χ3n) is 5.74. The molecule has 1 saturated heterocycles. The van der Waals surface area contributed by atoms with Gasteiger partial charge in [0, 0.05) is 58.9 Å². The van der Waals surface area contributed by atoms with E-state index in [4.69, 9.17) is 9.47 Å². The number of nitrogens with zero attached hydrogens (tertiary/aromatic N) is 6. The van der Waals surface area contributed by atoms with Crippen molar-refractivity contribution >= 4 is 11.6 Å². The first-order valence-electron chi connectivity index (χ1n) is 10.7. The van der Waals surface area contributed by atoms with Crippen LogP contribution in [0.5, 0.6) is 11.5 Å². The van der Waals surface area contributed by atoms with E-state index in [1.165, 1.54) is 5.56 Å². The molecule has 2 aliphatic rings. The Hall–Kier alpha value is -3.33. The largest absolute Gasteiger partial charge is 0.454 e. The average Bonchev–Trinajstić information content (AvgIpc) is 3.44. The average molecular weight is 422 g/mol. The number of aliphatic imine (C=N–C) groups is 1. The van der Waals surface area contributed by atoms with E-state index in [0.29, 0.717) is 6.79 Å². The van der Waals surface area contributed by atoms with E-state index in [0.717, 1.165) is 74.6 Å². The summed E-state index contributed by atoms with van der Waals surface area (Å²) in [4.78, 5) is 9.26. The third-order valence-corrected chi connectivity index (χ3v) is 5.74. The number of hydrogen-bond donors (Lipinski definition) is 1. The van der Waals surface area contributed by atoms with Crippen LogP contribution >= 0.6 is 0 Å². The van der Waals surface area contributed by atoms with Crippen LogP contribution in [-0.4, -0.2) is 76.9 Å². The Morgan fingerprint density at radius 2 is 1.94 bits per heavy atom. The van der Waals surface area contributed by atoms with Crippen molar-refractivity contribution in [1.82, 2.24) is 29.7 Å². The third kappa shape index (κ3) is 4.27. The Kier molecular flexibility index (Phi) is 5.57. The number of piperazine rings is 1. The van der Waals surface area contributed by atoms with Gasteiger partial charge in [-0.1, -0.05) is 12.1 Å². The number of nitrogens with one attached hydrogen (secondary N) is 1. The predicted molar refractivity (Wildman–Crippen MR) is 117 cm³/mol. The maximum Gasteiger partial charge on any atom is 0.231 e. The lowest BCUT2D eigenvalue weighted by Gasteiger charge is -2.36. The van der Waals surface area contributed by atoms with E-state index in [1.807, 2.05) is 41.9 Å². The molecule has 5 rings (SSSR count). The number of benzene rings is 1. The van der Waals surface area contributed by atoms with Gasteiger partial charge in [-0.25, -0.2) is 0 Å². The van der Waals surface area contributed by atoms with Crippen molar-refractivity contribution in [2.75, 3.05) is 46.6 Å². The van der Waals surface area contributed by atoms with Crippen LogP contribution in [0.3, 0.4) is 0 Å². The van der Waals surface area contributed by atoms with Crippen LogP contribution in [0, 0.1) is 0 Å². The van der Waals surface area contributed by atoms with E-state index in [9.17, 15) is 0 Å². The Morgan fingerprint density at radius 1 is 1.06 bits per heavy atom. The molecule has 162 valence electrons. The minimum absolute atomic E-state index is 0.316. The minimum Gasteiger partial charge on any atom is -0.454 e. The topological polar surface area (TPSA) is 79.5 Å².